The van der Waals surface area contributed by atoms with Gasteiger partial charge in [0.2, 0.25) is 11.8 Å². The number of aryl methyl sites for hydroxylation is 1. The Morgan fingerprint density at radius 2 is 1.77 bits per heavy atom. The third kappa shape index (κ3) is 6.81. The van der Waals surface area contributed by atoms with E-state index < -0.39 is 6.04 Å². The van der Waals surface area contributed by atoms with Crippen LogP contribution in [0.5, 0.6) is 5.75 Å². The minimum absolute atomic E-state index is 0.251. The van der Waals surface area contributed by atoms with Crippen LogP contribution in [0.1, 0.15) is 18.1 Å². The summed E-state index contributed by atoms with van der Waals surface area (Å²) in [6, 6.07) is 16.6. The first kappa shape index (κ1) is 19.2. The number of hydrogen-bond acceptors (Lipinski definition) is 3. The van der Waals surface area contributed by atoms with E-state index in [1.54, 1.807) is 13.0 Å². The largest absolute Gasteiger partial charge is 0.492 e. The maximum atomic E-state index is 12.0. The number of nitrogens with one attached hydrogen (secondary N) is 2. The fraction of sp³-hybridized carbons (Fsp3) is 0.238. The van der Waals surface area contributed by atoms with Gasteiger partial charge in [0, 0.05) is 6.08 Å². The molecule has 0 heterocycles. The van der Waals surface area contributed by atoms with Gasteiger partial charge in [-0.1, -0.05) is 48.0 Å². The topological polar surface area (TPSA) is 67.4 Å². The van der Waals surface area contributed by atoms with Crippen LogP contribution in [0.15, 0.2) is 60.7 Å². The summed E-state index contributed by atoms with van der Waals surface area (Å²) in [5.41, 5.74) is 2.09. The minimum Gasteiger partial charge on any atom is -0.492 e. The quantitative estimate of drug-likeness (QED) is 0.567. The Morgan fingerprint density at radius 1 is 1.08 bits per heavy atom. The van der Waals surface area contributed by atoms with Gasteiger partial charge in [0.15, 0.2) is 0 Å². The van der Waals surface area contributed by atoms with Gasteiger partial charge in [0.25, 0.3) is 0 Å². The summed E-state index contributed by atoms with van der Waals surface area (Å²) in [4.78, 5) is 23.9. The van der Waals surface area contributed by atoms with E-state index in [4.69, 9.17) is 4.74 Å². The van der Waals surface area contributed by atoms with Crippen LogP contribution in [-0.2, 0) is 9.59 Å². The lowest BCUT2D eigenvalue weighted by molar-refractivity contribution is -0.126. The van der Waals surface area contributed by atoms with Gasteiger partial charge in [0.05, 0.1) is 6.54 Å². The van der Waals surface area contributed by atoms with Gasteiger partial charge in [-0.25, -0.2) is 0 Å². The molecule has 0 saturated carbocycles. The lowest BCUT2D eigenvalue weighted by Crippen LogP contribution is -2.45. The Kier molecular flexibility index (Phi) is 7.43. The smallest absolute Gasteiger partial charge is 0.244 e. The molecular formula is C21H24N2O3. The number of ether oxygens (including phenoxy) is 1. The third-order valence-electron chi connectivity index (χ3n) is 3.67. The average molecular weight is 352 g/mol. The Hall–Kier alpha value is -3.08. The highest BCUT2D eigenvalue weighted by atomic mass is 16.5. The lowest BCUT2D eigenvalue weighted by atomic mass is 10.2. The van der Waals surface area contributed by atoms with E-state index in [-0.39, 0.29) is 11.8 Å². The third-order valence-corrected chi connectivity index (χ3v) is 3.67. The molecule has 2 amide bonds. The SMILES string of the molecule is Cc1ccc(OCCNC(=O)C(C)NC(=O)/C=C/c2ccccc2)cc1. The van der Waals surface area contributed by atoms with E-state index in [1.165, 1.54) is 6.08 Å². The van der Waals surface area contributed by atoms with Gasteiger partial charge in [-0.3, -0.25) is 9.59 Å². The normalized spacial score (nSPS) is 11.8. The van der Waals surface area contributed by atoms with E-state index >= 15 is 0 Å². The molecule has 0 radical (unpaired) electrons. The summed E-state index contributed by atoms with van der Waals surface area (Å²) in [7, 11) is 0. The van der Waals surface area contributed by atoms with Gasteiger partial charge in [-0.15, -0.1) is 0 Å². The van der Waals surface area contributed by atoms with Gasteiger partial charge in [-0.05, 0) is 37.6 Å². The molecule has 2 N–H and O–H groups in total. The number of benzene rings is 2. The van der Waals surface area contributed by atoms with E-state index in [0.717, 1.165) is 16.9 Å². The first-order valence-corrected chi connectivity index (χ1v) is 8.55. The summed E-state index contributed by atoms with van der Waals surface area (Å²) < 4.78 is 5.55. The van der Waals surface area contributed by atoms with Crippen molar-refractivity contribution in [2.24, 2.45) is 0 Å². The van der Waals surface area contributed by atoms with Crippen LogP contribution < -0.4 is 15.4 Å². The second-order valence-corrected chi connectivity index (χ2v) is 5.93. The van der Waals surface area contributed by atoms with Crippen LogP contribution in [0.3, 0.4) is 0 Å². The molecule has 1 unspecified atom stereocenters. The van der Waals surface area contributed by atoms with Crippen molar-refractivity contribution in [2.75, 3.05) is 13.2 Å². The number of hydrogen-bond donors (Lipinski definition) is 2. The number of carbonyl (C=O) groups excluding carboxylic acids is 2. The highest BCUT2D eigenvalue weighted by molar-refractivity contribution is 5.95. The molecular weight excluding hydrogens is 328 g/mol. The Bertz CT molecular complexity index is 740. The molecule has 5 heteroatoms. The molecule has 0 saturated heterocycles. The summed E-state index contributed by atoms with van der Waals surface area (Å²) in [6.07, 6.45) is 3.12. The molecule has 0 fully saturated rings. The van der Waals surface area contributed by atoms with Crippen molar-refractivity contribution in [3.8, 4) is 5.75 Å². The maximum absolute atomic E-state index is 12.0. The fourth-order valence-corrected chi connectivity index (χ4v) is 2.19. The van der Waals surface area contributed by atoms with Crippen molar-refractivity contribution in [2.45, 2.75) is 19.9 Å². The highest BCUT2D eigenvalue weighted by Gasteiger charge is 2.13. The minimum atomic E-state index is -0.623. The Morgan fingerprint density at radius 3 is 2.46 bits per heavy atom. The molecule has 0 aliphatic rings. The van der Waals surface area contributed by atoms with Crippen LogP contribution >= 0.6 is 0 Å². The Labute approximate surface area is 154 Å². The standard InChI is InChI=1S/C21H24N2O3/c1-16-8-11-19(12-9-16)26-15-14-22-21(25)17(2)23-20(24)13-10-18-6-4-3-5-7-18/h3-13,17H,14-15H2,1-2H3,(H,22,25)(H,23,24)/b13-10+. The van der Waals surface area contributed by atoms with Gasteiger partial charge >= 0.3 is 0 Å². The van der Waals surface area contributed by atoms with Crippen LogP contribution in [0.2, 0.25) is 0 Å². The predicted octanol–water partition coefficient (Wildman–Crippen LogP) is 2.71. The van der Waals surface area contributed by atoms with Crippen molar-refractivity contribution in [1.82, 2.24) is 10.6 Å². The van der Waals surface area contributed by atoms with Crippen molar-refractivity contribution < 1.29 is 14.3 Å². The van der Waals surface area contributed by atoms with E-state index in [9.17, 15) is 9.59 Å². The van der Waals surface area contributed by atoms with Gasteiger partial charge < -0.3 is 15.4 Å². The number of carbonyl (C=O) groups is 2. The van der Waals surface area contributed by atoms with Crippen LogP contribution in [0.25, 0.3) is 6.08 Å². The van der Waals surface area contributed by atoms with Crippen LogP contribution in [0, 0.1) is 6.92 Å². The molecule has 136 valence electrons. The van der Waals surface area contributed by atoms with Crippen LogP contribution in [-0.4, -0.2) is 31.0 Å². The molecule has 26 heavy (non-hydrogen) atoms. The Balaban J connectivity index is 1.67. The molecule has 5 nitrogen and oxygen atoms in total. The van der Waals surface area contributed by atoms with Crippen LogP contribution in [0.4, 0.5) is 0 Å². The zero-order chi connectivity index (χ0) is 18.8. The molecule has 0 aliphatic heterocycles. The second kappa shape index (κ2) is 10.0. The maximum Gasteiger partial charge on any atom is 0.244 e. The molecule has 1 atom stereocenters. The van der Waals surface area contributed by atoms with E-state index in [2.05, 4.69) is 10.6 Å². The molecule has 0 aliphatic carbocycles. The highest BCUT2D eigenvalue weighted by Crippen LogP contribution is 2.10. The van der Waals surface area contributed by atoms with Crippen molar-refractivity contribution in [3.63, 3.8) is 0 Å². The first-order chi connectivity index (χ1) is 12.5. The zero-order valence-electron chi connectivity index (χ0n) is 15.1. The summed E-state index contributed by atoms with van der Waals surface area (Å²) in [5.74, 6) is 0.198. The van der Waals surface area contributed by atoms with E-state index in [0.29, 0.717) is 13.2 Å². The average Bonchev–Trinajstić information content (AvgIpc) is 2.65. The van der Waals surface area contributed by atoms with Gasteiger partial charge in [0.1, 0.15) is 18.4 Å². The summed E-state index contributed by atoms with van der Waals surface area (Å²) >= 11 is 0. The van der Waals surface area contributed by atoms with Crippen molar-refractivity contribution in [3.05, 3.63) is 71.8 Å². The van der Waals surface area contributed by atoms with Crippen molar-refractivity contribution >= 4 is 17.9 Å². The predicted molar refractivity (Wildman–Crippen MR) is 103 cm³/mol. The monoisotopic (exact) mass is 352 g/mol. The molecule has 0 spiro atoms. The number of amides is 2. The second-order valence-electron chi connectivity index (χ2n) is 5.93. The lowest BCUT2D eigenvalue weighted by Gasteiger charge is -2.13. The number of rotatable bonds is 8. The molecule has 2 aromatic carbocycles. The fourth-order valence-electron chi connectivity index (χ4n) is 2.19. The summed E-state index contributed by atoms with van der Waals surface area (Å²) in [6.45, 7) is 4.38. The summed E-state index contributed by atoms with van der Waals surface area (Å²) in [5, 5.41) is 5.38. The van der Waals surface area contributed by atoms with Crippen molar-refractivity contribution in [1.29, 1.82) is 0 Å². The molecule has 0 bridgehead atoms. The van der Waals surface area contributed by atoms with E-state index in [1.807, 2.05) is 61.5 Å². The molecule has 0 aromatic heterocycles. The molecule has 2 rings (SSSR count). The van der Waals surface area contributed by atoms with Gasteiger partial charge in [-0.2, -0.15) is 0 Å². The first-order valence-electron chi connectivity index (χ1n) is 8.55. The zero-order valence-corrected chi connectivity index (χ0v) is 15.1. The molecule has 2 aromatic rings.